The molecule has 1 aliphatic heterocycles. The van der Waals surface area contributed by atoms with Gasteiger partial charge in [0.25, 0.3) is 0 Å². The highest BCUT2D eigenvalue weighted by Gasteiger charge is 2.30. The lowest BCUT2D eigenvalue weighted by Crippen LogP contribution is -2.45. The third-order valence-corrected chi connectivity index (χ3v) is 3.01. The Hall–Kier alpha value is -0.610. The molecule has 0 aromatic rings. The molecule has 0 aromatic heterocycles. The average molecular weight is 198 g/mol. The predicted molar refractivity (Wildman–Crippen MR) is 52.7 cm³/mol. The summed E-state index contributed by atoms with van der Waals surface area (Å²) >= 11 is 0. The average Bonchev–Trinajstić information content (AvgIpc) is 2.90. The van der Waals surface area contributed by atoms with Gasteiger partial charge in [-0.2, -0.15) is 0 Å². The van der Waals surface area contributed by atoms with E-state index in [2.05, 4.69) is 10.6 Å². The highest BCUT2D eigenvalue weighted by molar-refractivity contribution is 5.76. The van der Waals surface area contributed by atoms with Crippen molar-refractivity contribution in [3.05, 3.63) is 0 Å². The van der Waals surface area contributed by atoms with Crippen LogP contribution in [0.25, 0.3) is 0 Å². The number of amides is 1. The van der Waals surface area contributed by atoms with E-state index in [-0.39, 0.29) is 12.0 Å². The standard InChI is InChI=1S/C10H18N2O2/c13-9(8-1-2-8)6-12-10(14)3-7-4-11-5-7/h7-9,11,13H,1-6H2,(H,12,14). The van der Waals surface area contributed by atoms with Crippen LogP contribution >= 0.6 is 0 Å². The third kappa shape index (κ3) is 2.69. The van der Waals surface area contributed by atoms with Crippen molar-refractivity contribution in [2.24, 2.45) is 11.8 Å². The minimum atomic E-state index is -0.321. The Morgan fingerprint density at radius 3 is 2.71 bits per heavy atom. The first-order chi connectivity index (χ1) is 6.75. The van der Waals surface area contributed by atoms with Crippen LogP contribution in [0.3, 0.4) is 0 Å². The number of hydrogen-bond donors (Lipinski definition) is 3. The highest BCUT2D eigenvalue weighted by Crippen LogP contribution is 2.32. The first-order valence-corrected chi connectivity index (χ1v) is 5.41. The number of rotatable bonds is 5. The number of carbonyl (C=O) groups excluding carboxylic acids is 1. The molecule has 2 fully saturated rings. The van der Waals surface area contributed by atoms with Gasteiger partial charge in [-0.15, -0.1) is 0 Å². The summed E-state index contributed by atoms with van der Waals surface area (Å²) < 4.78 is 0. The first kappa shape index (κ1) is 9.93. The Bertz CT molecular complexity index is 212. The zero-order valence-electron chi connectivity index (χ0n) is 8.33. The van der Waals surface area contributed by atoms with E-state index in [0.29, 0.717) is 24.8 Å². The van der Waals surface area contributed by atoms with Gasteiger partial charge in [0.15, 0.2) is 0 Å². The predicted octanol–water partition coefficient (Wildman–Crippen LogP) is -0.517. The molecular formula is C10H18N2O2. The molecule has 1 heterocycles. The third-order valence-electron chi connectivity index (χ3n) is 3.01. The van der Waals surface area contributed by atoms with Crippen molar-refractivity contribution in [2.75, 3.05) is 19.6 Å². The summed E-state index contributed by atoms with van der Waals surface area (Å²) in [6.45, 7) is 2.35. The van der Waals surface area contributed by atoms with Crippen molar-refractivity contribution in [1.82, 2.24) is 10.6 Å². The lowest BCUT2D eigenvalue weighted by molar-refractivity contribution is -0.122. The molecule has 0 radical (unpaired) electrons. The second-order valence-corrected chi connectivity index (χ2v) is 4.44. The Kier molecular flexibility index (Phi) is 3.03. The van der Waals surface area contributed by atoms with Crippen molar-refractivity contribution in [3.63, 3.8) is 0 Å². The molecule has 1 amide bonds. The van der Waals surface area contributed by atoms with Crippen LogP contribution < -0.4 is 10.6 Å². The summed E-state index contributed by atoms with van der Waals surface area (Å²) in [6.07, 6.45) is 2.51. The lowest BCUT2D eigenvalue weighted by atomic mass is 9.99. The van der Waals surface area contributed by atoms with E-state index >= 15 is 0 Å². The summed E-state index contributed by atoms with van der Waals surface area (Å²) in [5.74, 6) is 1.03. The van der Waals surface area contributed by atoms with Crippen LogP contribution in [0.5, 0.6) is 0 Å². The molecule has 1 unspecified atom stereocenters. The number of aliphatic hydroxyl groups is 1. The van der Waals surface area contributed by atoms with Gasteiger partial charge in [0, 0.05) is 13.0 Å². The number of aliphatic hydroxyl groups excluding tert-OH is 1. The maximum absolute atomic E-state index is 11.3. The van der Waals surface area contributed by atoms with Crippen molar-refractivity contribution in [2.45, 2.75) is 25.4 Å². The van der Waals surface area contributed by atoms with E-state index in [1.807, 2.05) is 0 Å². The van der Waals surface area contributed by atoms with E-state index in [4.69, 9.17) is 0 Å². The molecule has 1 saturated carbocycles. The molecular weight excluding hydrogens is 180 g/mol. The molecule has 4 nitrogen and oxygen atoms in total. The van der Waals surface area contributed by atoms with Gasteiger partial charge < -0.3 is 15.7 Å². The topological polar surface area (TPSA) is 61.4 Å². The maximum Gasteiger partial charge on any atom is 0.220 e. The second kappa shape index (κ2) is 4.28. The van der Waals surface area contributed by atoms with Crippen LogP contribution in [0, 0.1) is 11.8 Å². The smallest absolute Gasteiger partial charge is 0.220 e. The van der Waals surface area contributed by atoms with E-state index in [1.165, 1.54) is 0 Å². The fraction of sp³-hybridized carbons (Fsp3) is 0.900. The molecule has 0 spiro atoms. The fourth-order valence-electron chi connectivity index (χ4n) is 1.69. The minimum Gasteiger partial charge on any atom is -0.391 e. The van der Waals surface area contributed by atoms with E-state index in [0.717, 1.165) is 25.9 Å². The van der Waals surface area contributed by atoms with Gasteiger partial charge in [-0.05, 0) is 37.8 Å². The van der Waals surface area contributed by atoms with E-state index in [9.17, 15) is 9.90 Å². The second-order valence-electron chi connectivity index (χ2n) is 4.44. The van der Waals surface area contributed by atoms with Crippen molar-refractivity contribution >= 4 is 5.91 Å². The molecule has 2 rings (SSSR count). The molecule has 14 heavy (non-hydrogen) atoms. The largest absolute Gasteiger partial charge is 0.391 e. The van der Waals surface area contributed by atoms with Gasteiger partial charge in [-0.1, -0.05) is 0 Å². The molecule has 1 atom stereocenters. The van der Waals surface area contributed by atoms with Gasteiger partial charge >= 0.3 is 0 Å². The molecule has 3 N–H and O–H groups in total. The maximum atomic E-state index is 11.3. The quantitative estimate of drug-likeness (QED) is 0.557. The molecule has 2 aliphatic rings. The molecule has 80 valence electrons. The van der Waals surface area contributed by atoms with E-state index < -0.39 is 0 Å². The van der Waals surface area contributed by atoms with Gasteiger partial charge in [-0.25, -0.2) is 0 Å². The Balaban J connectivity index is 1.56. The normalized spacial score (nSPS) is 24.1. The van der Waals surface area contributed by atoms with Crippen LogP contribution in [0.4, 0.5) is 0 Å². The summed E-state index contributed by atoms with van der Waals surface area (Å²) in [5, 5.41) is 15.4. The lowest BCUT2D eigenvalue weighted by Gasteiger charge is -2.26. The zero-order valence-corrected chi connectivity index (χ0v) is 8.33. The van der Waals surface area contributed by atoms with Crippen LogP contribution in [0.2, 0.25) is 0 Å². The minimum absolute atomic E-state index is 0.0798. The Morgan fingerprint density at radius 1 is 1.50 bits per heavy atom. The van der Waals surface area contributed by atoms with Crippen molar-refractivity contribution in [1.29, 1.82) is 0 Å². The Morgan fingerprint density at radius 2 is 2.21 bits per heavy atom. The SMILES string of the molecule is O=C(CC1CNC1)NCC(O)C1CC1. The number of carbonyl (C=O) groups is 1. The summed E-state index contributed by atoms with van der Waals surface area (Å²) in [5.41, 5.74) is 0. The van der Waals surface area contributed by atoms with Gasteiger partial charge in [0.1, 0.15) is 0 Å². The highest BCUT2D eigenvalue weighted by atomic mass is 16.3. The Labute approximate surface area is 84.1 Å². The molecule has 1 aliphatic carbocycles. The van der Waals surface area contributed by atoms with Crippen LogP contribution in [-0.2, 0) is 4.79 Å². The monoisotopic (exact) mass is 198 g/mol. The number of hydrogen-bond acceptors (Lipinski definition) is 3. The molecule has 0 aromatic carbocycles. The number of nitrogens with one attached hydrogen (secondary N) is 2. The summed E-state index contributed by atoms with van der Waals surface area (Å²) in [4.78, 5) is 11.3. The van der Waals surface area contributed by atoms with Crippen molar-refractivity contribution < 1.29 is 9.90 Å². The van der Waals surface area contributed by atoms with Crippen LogP contribution in [-0.4, -0.2) is 36.8 Å². The molecule has 1 saturated heterocycles. The van der Waals surface area contributed by atoms with Gasteiger partial charge in [0.2, 0.25) is 5.91 Å². The zero-order chi connectivity index (χ0) is 9.97. The summed E-state index contributed by atoms with van der Waals surface area (Å²) in [6, 6.07) is 0. The van der Waals surface area contributed by atoms with Crippen molar-refractivity contribution in [3.8, 4) is 0 Å². The fourth-order valence-corrected chi connectivity index (χ4v) is 1.69. The van der Waals surface area contributed by atoms with Crippen LogP contribution in [0.15, 0.2) is 0 Å². The molecule has 4 heteroatoms. The van der Waals surface area contributed by atoms with Crippen LogP contribution in [0.1, 0.15) is 19.3 Å². The van der Waals surface area contributed by atoms with Gasteiger partial charge in [0.05, 0.1) is 6.10 Å². The van der Waals surface area contributed by atoms with E-state index in [1.54, 1.807) is 0 Å². The summed E-state index contributed by atoms with van der Waals surface area (Å²) in [7, 11) is 0. The van der Waals surface area contributed by atoms with Gasteiger partial charge in [-0.3, -0.25) is 4.79 Å². The first-order valence-electron chi connectivity index (χ1n) is 5.41. The molecule has 0 bridgehead atoms.